The number of ether oxygens (including phenoxy) is 2. The molecule has 2 aromatic rings. The minimum absolute atomic E-state index is 0.296. The van der Waals surface area contributed by atoms with Crippen molar-refractivity contribution < 1.29 is 14.3 Å². The Balaban J connectivity index is 1.89. The first kappa shape index (κ1) is 12.1. The standard InChI is InChI=1S/C15H11ClO3/c16-11-7-5-10(6-8-11)14-9-18-13-4-2-1-3-12(13)15(17)19-14/h1-8,14H,9H2/t14-/m1/s1. The van der Waals surface area contributed by atoms with Crippen molar-refractivity contribution in [1.82, 2.24) is 0 Å². The molecule has 0 saturated carbocycles. The summed E-state index contributed by atoms with van der Waals surface area (Å²) in [6, 6.07) is 14.3. The number of carbonyl (C=O) groups excluding carboxylic acids is 1. The monoisotopic (exact) mass is 274 g/mol. The normalized spacial score (nSPS) is 17.9. The van der Waals surface area contributed by atoms with Crippen LogP contribution in [0.15, 0.2) is 48.5 Å². The molecule has 1 aliphatic heterocycles. The van der Waals surface area contributed by atoms with Crippen LogP contribution >= 0.6 is 11.6 Å². The molecule has 96 valence electrons. The number of esters is 1. The molecule has 3 rings (SSSR count). The van der Waals surface area contributed by atoms with Gasteiger partial charge in [-0.1, -0.05) is 35.9 Å². The fourth-order valence-electron chi connectivity index (χ4n) is 2.00. The van der Waals surface area contributed by atoms with E-state index in [0.29, 0.717) is 22.9 Å². The molecule has 0 N–H and O–H groups in total. The topological polar surface area (TPSA) is 35.5 Å². The maximum Gasteiger partial charge on any atom is 0.342 e. The van der Waals surface area contributed by atoms with Crippen molar-refractivity contribution in [2.45, 2.75) is 6.10 Å². The van der Waals surface area contributed by atoms with Gasteiger partial charge in [0, 0.05) is 5.02 Å². The van der Waals surface area contributed by atoms with E-state index in [1.54, 1.807) is 30.3 Å². The molecule has 2 aromatic carbocycles. The predicted octanol–water partition coefficient (Wildman–Crippen LogP) is 3.63. The van der Waals surface area contributed by atoms with E-state index in [0.717, 1.165) is 5.56 Å². The zero-order valence-electron chi connectivity index (χ0n) is 10.0. The van der Waals surface area contributed by atoms with E-state index in [2.05, 4.69) is 0 Å². The lowest BCUT2D eigenvalue weighted by Gasteiger charge is -2.14. The lowest BCUT2D eigenvalue weighted by atomic mass is 10.1. The van der Waals surface area contributed by atoms with Gasteiger partial charge in [-0.25, -0.2) is 4.79 Å². The Kier molecular flexibility index (Phi) is 3.13. The fourth-order valence-corrected chi connectivity index (χ4v) is 2.12. The summed E-state index contributed by atoms with van der Waals surface area (Å²) < 4.78 is 11.1. The van der Waals surface area contributed by atoms with Gasteiger partial charge in [-0.05, 0) is 29.8 Å². The molecule has 0 amide bonds. The third-order valence-electron chi connectivity index (χ3n) is 2.99. The first-order chi connectivity index (χ1) is 9.24. The molecule has 0 aliphatic carbocycles. The Morgan fingerprint density at radius 3 is 2.58 bits per heavy atom. The van der Waals surface area contributed by atoms with Crippen LogP contribution in [0.1, 0.15) is 22.0 Å². The summed E-state index contributed by atoms with van der Waals surface area (Å²) in [6.45, 7) is 0.296. The molecular weight excluding hydrogens is 264 g/mol. The molecule has 0 unspecified atom stereocenters. The quantitative estimate of drug-likeness (QED) is 0.745. The van der Waals surface area contributed by atoms with Crippen LogP contribution in [0.5, 0.6) is 5.75 Å². The van der Waals surface area contributed by atoms with Gasteiger partial charge >= 0.3 is 5.97 Å². The van der Waals surface area contributed by atoms with E-state index in [9.17, 15) is 4.79 Å². The molecule has 0 saturated heterocycles. The average Bonchev–Trinajstić information content (AvgIpc) is 2.60. The molecule has 0 bridgehead atoms. The molecule has 0 spiro atoms. The molecule has 1 aliphatic rings. The smallest absolute Gasteiger partial charge is 0.342 e. The number of rotatable bonds is 1. The lowest BCUT2D eigenvalue weighted by molar-refractivity contribution is 0.0231. The summed E-state index contributed by atoms with van der Waals surface area (Å²) in [6.07, 6.45) is -0.419. The molecule has 4 heteroatoms. The highest BCUT2D eigenvalue weighted by Gasteiger charge is 2.25. The fraction of sp³-hybridized carbons (Fsp3) is 0.133. The summed E-state index contributed by atoms with van der Waals surface area (Å²) in [4.78, 5) is 12.0. The van der Waals surface area contributed by atoms with Gasteiger partial charge in [0.2, 0.25) is 0 Å². The van der Waals surface area contributed by atoms with Gasteiger partial charge in [-0.3, -0.25) is 0 Å². The molecule has 1 atom stereocenters. The minimum atomic E-state index is -0.419. The van der Waals surface area contributed by atoms with Crippen molar-refractivity contribution in [3.05, 3.63) is 64.7 Å². The maximum atomic E-state index is 12.0. The number of benzene rings is 2. The molecule has 3 nitrogen and oxygen atoms in total. The van der Waals surface area contributed by atoms with E-state index in [-0.39, 0.29) is 5.97 Å². The van der Waals surface area contributed by atoms with Gasteiger partial charge in [0.25, 0.3) is 0 Å². The van der Waals surface area contributed by atoms with Crippen molar-refractivity contribution in [3.63, 3.8) is 0 Å². The first-order valence-electron chi connectivity index (χ1n) is 5.92. The summed E-state index contributed by atoms with van der Waals surface area (Å²) in [5.74, 6) is 0.192. The highest BCUT2D eigenvalue weighted by atomic mass is 35.5. The van der Waals surface area contributed by atoms with Crippen LogP contribution in [-0.2, 0) is 4.74 Å². The van der Waals surface area contributed by atoms with Crippen LogP contribution in [0.3, 0.4) is 0 Å². The Labute approximate surface area is 115 Å². The number of hydrogen-bond acceptors (Lipinski definition) is 3. The Morgan fingerprint density at radius 2 is 1.79 bits per heavy atom. The second-order valence-electron chi connectivity index (χ2n) is 4.25. The molecule has 0 fully saturated rings. The highest BCUT2D eigenvalue weighted by Crippen LogP contribution is 2.29. The predicted molar refractivity (Wildman–Crippen MR) is 71.5 cm³/mol. The van der Waals surface area contributed by atoms with Crippen LogP contribution < -0.4 is 4.74 Å². The van der Waals surface area contributed by atoms with Crippen LogP contribution in [0.25, 0.3) is 0 Å². The van der Waals surface area contributed by atoms with Crippen molar-refractivity contribution in [3.8, 4) is 5.75 Å². The summed E-state index contributed by atoms with van der Waals surface area (Å²) in [5.41, 5.74) is 1.32. The van der Waals surface area contributed by atoms with E-state index < -0.39 is 6.10 Å². The lowest BCUT2D eigenvalue weighted by Crippen LogP contribution is -2.13. The van der Waals surface area contributed by atoms with Gasteiger partial charge in [0.1, 0.15) is 17.9 Å². The largest absolute Gasteiger partial charge is 0.488 e. The van der Waals surface area contributed by atoms with Crippen molar-refractivity contribution in [2.24, 2.45) is 0 Å². The Hall–Kier alpha value is -2.00. The third kappa shape index (κ3) is 2.42. The van der Waals surface area contributed by atoms with Crippen LogP contribution in [0.4, 0.5) is 0 Å². The average molecular weight is 275 g/mol. The molecule has 0 radical (unpaired) electrons. The third-order valence-corrected chi connectivity index (χ3v) is 3.24. The van der Waals surface area contributed by atoms with Gasteiger partial charge < -0.3 is 9.47 Å². The number of carbonyl (C=O) groups is 1. The highest BCUT2D eigenvalue weighted by molar-refractivity contribution is 6.30. The van der Waals surface area contributed by atoms with Gasteiger partial charge in [0.15, 0.2) is 6.10 Å². The number of hydrogen-bond donors (Lipinski definition) is 0. The second kappa shape index (κ2) is 4.94. The zero-order valence-corrected chi connectivity index (χ0v) is 10.8. The molecule has 1 heterocycles. The molecule has 19 heavy (non-hydrogen) atoms. The maximum absolute atomic E-state index is 12.0. The molecular formula is C15H11ClO3. The van der Waals surface area contributed by atoms with Crippen LogP contribution in [0.2, 0.25) is 5.02 Å². The summed E-state index contributed by atoms with van der Waals surface area (Å²) in [5, 5.41) is 0.646. The SMILES string of the molecule is O=C1O[C@@H](c2ccc(Cl)cc2)COc2ccccc21. The van der Waals surface area contributed by atoms with Crippen molar-refractivity contribution in [2.75, 3.05) is 6.61 Å². The van der Waals surface area contributed by atoms with Gasteiger partial charge in [-0.2, -0.15) is 0 Å². The van der Waals surface area contributed by atoms with Gasteiger partial charge in [0.05, 0.1) is 0 Å². The zero-order chi connectivity index (χ0) is 13.2. The van der Waals surface area contributed by atoms with Crippen molar-refractivity contribution in [1.29, 1.82) is 0 Å². The first-order valence-corrected chi connectivity index (χ1v) is 6.30. The minimum Gasteiger partial charge on any atom is -0.488 e. The van der Waals surface area contributed by atoms with Crippen LogP contribution in [0, 0.1) is 0 Å². The molecule has 0 aromatic heterocycles. The van der Waals surface area contributed by atoms with E-state index in [1.807, 2.05) is 18.2 Å². The van der Waals surface area contributed by atoms with E-state index >= 15 is 0 Å². The van der Waals surface area contributed by atoms with Crippen LogP contribution in [-0.4, -0.2) is 12.6 Å². The van der Waals surface area contributed by atoms with E-state index in [4.69, 9.17) is 21.1 Å². The number of cyclic esters (lactones) is 1. The Morgan fingerprint density at radius 1 is 1.05 bits per heavy atom. The second-order valence-corrected chi connectivity index (χ2v) is 4.69. The summed E-state index contributed by atoms with van der Waals surface area (Å²) in [7, 11) is 0. The Bertz CT molecular complexity index is 607. The van der Waals surface area contributed by atoms with Gasteiger partial charge in [-0.15, -0.1) is 0 Å². The number of halogens is 1. The summed E-state index contributed by atoms with van der Waals surface area (Å²) >= 11 is 5.85. The van der Waals surface area contributed by atoms with Crippen molar-refractivity contribution >= 4 is 17.6 Å². The number of para-hydroxylation sites is 1. The van der Waals surface area contributed by atoms with E-state index in [1.165, 1.54) is 0 Å². The number of fused-ring (bicyclic) bond motifs is 1.